The Bertz CT molecular complexity index is 878. The van der Waals surface area contributed by atoms with Gasteiger partial charge in [-0.3, -0.25) is 9.52 Å². The van der Waals surface area contributed by atoms with Crippen molar-refractivity contribution in [1.29, 1.82) is 0 Å². The zero-order valence-electron chi connectivity index (χ0n) is 13.5. The standard InChI is InChI=1S/C16H18N2O5S/c1-10-8-14(23-3)15(9-13(10)22-2)24(20,21)18-12-7-5-4-6-11(12)16(17)19/h4-9,18H,1-3H3,(H2,17,19). The number of hydrogen-bond acceptors (Lipinski definition) is 5. The Morgan fingerprint density at radius 3 is 2.29 bits per heavy atom. The van der Waals surface area contributed by atoms with Crippen molar-refractivity contribution < 1.29 is 22.7 Å². The van der Waals surface area contributed by atoms with Crippen LogP contribution >= 0.6 is 0 Å². The highest BCUT2D eigenvalue weighted by atomic mass is 32.2. The molecule has 128 valence electrons. The highest BCUT2D eigenvalue weighted by Gasteiger charge is 2.23. The van der Waals surface area contributed by atoms with Gasteiger partial charge in [-0.1, -0.05) is 12.1 Å². The largest absolute Gasteiger partial charge is 0.496 e. The van der Waals surface area contributed by atoms with E-state index in [1.54, 1.807) is 25.1 Å². The minimum absolute atomic E-state index is 0.0686. The van der Waals surface area contributed by atoms with E-state index < -0.39 is 15.9 Å². The van der Waals surface area contributed by atoms with Crippen LogP contribution in [0.3, 0.4) is 0 Å². The van der Waals surface area contributed by atoms with Crippen LogP contribution in [-0.4, -0.2) is 28.5 Å². The highest BCUT2D eigenvalue weighted by Crippen LogP contribution is 2.33. The zero-order valence-corrected chi connectivity index (χ0v) is 14.3. The minimum Gasteiger partial charge on any atom is -0.496 e. The average Bonchev–Trinajstić information content (AvgIpc) is 2.54. The van der Waals surface area contributed by atoms with Crippen molar-refractivity contribution in [1.82, 2.24) is 0 Å². The van der Waals surface area contributed by atoms with E-state index in [2.05, 4.69) is 4.72 Å². The molecule has 0 aliphatic carbocycles. The average molecular weight is 350 g/mol. The van der Waals surface area contributed by atoms with Crippen molar-refractivity contribution in [3.05, 3.63) is 47.5 Å². The Morgan fingerprint density at radius 1 is 1.08 bits per heavy atom. The van der Waals surface area contributed by atoms with Crippen molar-refractivity contribution in [2.24, 2.45) is 5.73 Å². The number of amides is 1. The Balaban J connectivity index is 2.54. The van der Waals surface area contributed by atoms with Crippen LogP contribution in [0.1, 0.15) is 15.9 Å². The highest BCUT2D eigenvalue weighted by molar-refractivity contribution is 7.92. The van der Waals surface area contributed by atoms with Gasteiger partial charge in [-0.15, -0.1) is 0 Å². The normalized spacial score (nSPS) is 11.0. The molecule has 0 radical (unpaired) electrons. The smallest absolute Gasteiger partial charge is 0.265 e. The first-order valence-electron chi connectivity index (χ1n) is 6.94. The maximum absolute atomic E-state index is 12.7. The number of benzene rings is 2. The monoisotopic (exact) mass is 350 g/mol. The molecule has 0 fully saturated rings. The van der Waals surface area contributed by atoms with Gasteiger partial charge < -0.3 is 15.2 Å². The lowest BCUT2D eigenvalue weighted by atomic mass is 10.2. The second-order valence-corrected chi connectivity index (χ2v) is 6.64. The number of sulfonamides is 1. The third-order valence-corrected chi connectivity index (χ3v) is 4.79. The lowest BCUT2D eigenvalue weighted by Crippen LogP contribution is -2.19. The molecule has 1 amide bonds. The molecule has 0 atom stereocenters. The molecule has 0 aliphatic heterocycles. The van der Waals surface area contributed by atoms with Gasteiger partial charge in [0, 0.05) is 6.07 Å². The zero-order chi connectivity index (χ0) is 17.9. The number of ether oxygens (including phenoxy) is 2. The van der Waals surface area contributed by atoms with Crippen molar-refractivity contribution in [2.75, 3.05) is 18.9 Å². The molecule has 0 aliphatic rings. The number of aryl methyl sites for hydroxylation is 1. The summed E-state index contributed by atoms with van der Waals surface area (Å²) in [4.78, 5) is 11.4. The maximum Gasteiger partial charge on any atom is 0.265 e. The molecular weight excluding hydrogens is 332 g/mol. The van der Waals surface area contributed by atoms with Gasteiger partial charge in [0.25, 0.3) is 15.9 Å². The third kappa shape index (κ3) is 3.43. The molecule has 8 heteroatoms. The summed E-state index contributed by atoms with van der Waals surface area (Å²) in [5.74, 6) is -0.168. The number of primary amides is 1. The topological polar surface area (TPSA) is 108 Å². The first-order valence-corrected chi connectivity index (χ1v) is 8.42. The minimum atomic E-state index is -4.02. The molecule has 2 aromatic rings. The number of carbonyl (C=O) groups is 1. The van der Waals surface area contributed by atoms with E-state index in [4.69, 9.17) is 15.2 Å². The summed E-state index contributed by atoms with van der Waals surface area (Å²) in [5.41, 5.74) is 6.16. The molecular formula is C16H18N2O5S. The number of hydrogen-bond donors (Lipinski definition) is 2. The molecule has 24 heavy (non-hydrogen) atoms. The van der Waals surface area contributed by atoms with Crippen LogP contribution in [0.25, 0.3) is 0 Å². The van der Waals surface area contributed by atoms with Crippen LogP contribution < -0.4 is 19.9 Å². The molecule has 2 rings (SSSR count). The van der Waals surface area contributed by atoms with Gasteiger partial charge in [0.15, 0.2) is 0 Å². The summed E-state index contributed by atoms with van der Waals surface area (Å²) in [7, 11) is -1.21. The maximum atomic E-state index is 12.7. The van der Waals surface area contributed by atoms with E-state index in [1.807, 2.05) is 0 Å². The lowest BCUT2D eigenvalue weighted by Gasteiger charge is -2.15. The van der Waals surface area contributed by atoms with Crippen LogP contribution in [0.5, 0.6) is 11.5 Å². The van der Waals surface area contributed by atoms with Crippen molar-refractivity contribution in [3.8, 4) is 11.5 Å². The van der Waals surface area contributed by atoms with Crippen molar-refractivity contribution in [3.63, 3.8) is 0 Å². The van der Waals surface area contributed by atoms with Crippen molar-refractivity contribution in [2.45, 2.75) is 11.8 Å². The predicted octanol–water partition coefficient (Wildman–Crippen LogP) is 1.91. The molecule has 0 heterocycles. The first-order chi connectivity index (χ1) is 11.3. The molecule has 0 bridgehead atoms. The van der Waals surface area contributed by atoms with E-state index >= 15 is 0 Å². The number of rotatable bonds is 6. The van der Waals surface area contributed by atoms with Gasteiger partial charge in [-0.25, -0.2) is 8.42 Å². The van der Waals surface area contributed by atoms with Gasteiger partial charge in [0.2, 0.25) is 0 Å². The summed E-state index contributed by atoms with van der Waals surface area (Å²) in [6.45, 7) is 1.77. The van der Waals surface area contributed by atoms with Gasteiger partial charge in [-0.2, -0.15) is 0 Å². The van der Waals surface area contributed by atoms with Gasteiger partial charge in [0.05, 0.1) is 25.5 Å². The Hall–Kier alpha value is -2.74. The summed E-state index contributed by atoms with van der Waals surface area (Å²) < 4.78 is 38.2. The van der Waals surface area contributed by atoms with Crippen LogP contribution in [0, 0.1) is 6.92 Å². The second kappa shape index (κ2) is 6.79. The molecule has 3 N–H and O–H groups in total. The van der Waals surface area contributed by atoms with Gasteiger partial charge in [-0.05, 0) is 30.7 Å². The quantitative estimate of drug-likeness (QED) is 0.827. The lowest BCUT2D eigenvalue weighted by molar-refractivity contribution is 0.100. The van der Waals surface area contributed by atoms with Gasteiger partial charge in [0.1, 0.15) is 16.4 Å². The number of nitrogens with one attached hydrogen (secondary N) is 1. The fraction of sp³-hybridized carbons (Fsp3) is 0.188. The van der Waals surface area contributed by atoms with E-state index in [1.165, 1.54) is 32.4 Å². The Labute approximate surface area is 140 Å². The van der Waals surface area contributed by atoms with E-state index in [-0.39, 0.29) is 21.9 Å². The second-order valence-electron chi connectivity index (χ2n) is 4.99. The Morgan fingerprint density at radius 2 is 1.71 bits per heavy atom. The van der Waals surface area contributed by atoms with Crippen LogP contribution in [0.15, 0.2) is 41.3 Å². The van der Waals surface area contributed by atoms with Crippen molar-refractivity contribution >= 4 is 21.6 Å². The van der Waals surface area contributed by atoms with E-state index in [9.17, 15) is 13.2 Å². The predicted molar refractivity (Wildman–Crippen MR) is 90.1 cm³/mol. The van der Waals surface area contributed by atoms with Crippen LogP contribution in [0.2, 0.25) is 0 Å². The molecule has 2 aromatic carbocycles. The van der Waals surface area contributed by atoms with Crippen LogP contribution in [0.4, 0.5) is 5.69 Å². The summed E-state index contributed by atoms with van der Waals surface area (Å²) in [6, 6.07) is 9.00. The molecule has 0 saturated heterocycles. The molecule has 0 unspecified atom stereocenters. The molecule has 7 nitrogen and oxygen atoms in total. The molecule has 0 aromatic heterocycles. The van der Waals surface area contributed by atoms with E-state index in [0.717, 1.165) is 5.56 Å². The fourth-order valence-electron chi connectivity index (χ4n) is 2.22. The third-order valence-electron chi connectivity index (χ3n) is 3.41. The molecule has 0 spiro atoms. The number of anilines is 1. The number of nitrogens with two attached hydrogens (primary N) is 1. The first kappa shape index (κ1) is 17.6. The van der Waals surface area contributed by atoms with Gasteiger partial charge >= 0.3 is 0 Å². The van der Waals surface area contributed by atoms with E-state index in [0.29, 0.717) is 5.75 Å². The van der Waals surface area contributed by atoms with Crippen LogP contribution in [-0.2, 0) is 10.0 Å². The number of carbonyl (C=O) groups excluding carboxylic acids is 1. The number of methoxy groups -OCH3 is 2. The Kier molecular flexibility index (Phi) is 4.99. The summed E-state index contributed by atoms with van der Waals surface area (Å²) >= 11 is 0. The number of para-hydroxylation sites is 1. The summed E-state index contributed by atoms with van der Waals surface area (Å²) in [6.07, 6.45) is 0. The molecule has 0 saturated carbocycles. The SMILES string of the molecule is COc1cc(S(=O)(=O)Nc2ccccc2C(N)=O)c(OC)cc1C. The fourth-order valence-corrected chi connectivity index (χ4v) is 3.47. The summed E-state index contributed by atoms with van der Waals surface area (Å²) in [5, 5.41) is 0.